The highest BCUT2D eigenvalue weighted by molar-refractivity contribution is 5.97. The fourth-order valence-electron chi connectivity index (χ4n) is 3.45. The van der Waals surface area contributed by atoms with Gasteiger partial charge >= 0.3 is 5.97 Å². The molecule has 1 saturated heterocycles. The Bertz CT molecular complexity index is 756. The van der Waals surface area contributed by atoms with Crippen molar-refractivity contribution in [3.63, 3.8) is 0 Å². The summed E-state index contributed by atoms with van der Waals surface area (Å²) in [4.78, 5) is 73.0. The third-order valence-electron chi connectivity index (χ3n) is 4.94. The average molecular weight is 457 g/mol. The van der Waals surface area contributed by atoms with Gasteiger partial charge in [-0.1, -0.05) is 13.8 Å². The van der Waals surface area contributed by atoms with Crippen LogP contribution >= 0.6 is 0 Å². The summed E-state index contributed by atoms with van der Waals surface area (Å²) in [5.74, 6) is -5.14. The zero-order chi connectivity index (χ0) is 24.6. The Hall–Kier alpha value is -3.22. The smallest absolute Gasteiger partial charge is 0.326 e. The molecule has 13 heteroatoms. The summed E-state index contributed by atoms with van der Waals surface area (Å²) < 4.78 is 0. The van der Waals surface area contributed by atoms with E-state index in [1.807, 2.05) is 13.8 Å². The van der Waals surface area contributed by atoms with Crippen molar-refractivity contribution in [2.24, 2.45) is 23.1 Å². The Morgan fingerprint density at radius 1 is 1.00 bits per heavy atom. The number of carboxylic acids is 1. The van der Waals surface area contributed by atoms with Crippen LogP contribution in [0.15, 0.2) is 0 Å². The fraction of sp³-hybridized carbons (Fsp3) is 0.684. The summed E-state index contributed by atoms with van der Waals surface area (Å²) in [6.45, 7) is 3.79. The Morgan fingerprint density at radius 3 is 2.09 bits per heavy atom. The summed E-state index contributed by atoms with van der Waals surface area (Å²) in [7, 11) is 0. The van der Waals surface area contributed by atoms with E-state index in [4.69, 9.17) is 17.2 Å². The predicted molar refractivity (Wildman–Crippen MR) is 111 cm³/mol. The number of amides is 5. The molecule has 0 bridgehead atoms. The van der Waals surface area contributed by atoms with E-state index in [0.717, 1.165) is 0 Å². The predicted octanol–water partition coefficient (Wildman–Crippen LogP) is -2.84. The fourth-order valence-corrected chi connectivity index (χ4v) is 3.45. The monoisotopic (exact) mass is 456 g/mol. The van der Waals surface area contributed by atoms with Crippen LogP contribution in [0.4, 0.5) is 0 Å². The van der Waals surface area contributed by atoms with Gasteiger partial charge in [-0.3, -0.25) is 24.0 Å². The highest BCUT2D eigenvalue weighted by Gasteiger charge is 2.39. The minimum absolute atomic E-state index is 0.0116. The molecule has 180 valence electrons. The quantitative estimate of drug-likeness (QED) is 0.179. The molecule has 0 aromatic heterocycles. The number of primary amides is 2. The van der Waals surface area contributed by atoms with Gasteiger partial charge in [0.25, 0.3) is 0 Å². The Labute approximate surface area is 185 Å². The molecular formula is C19H32N6O7. The van der Waals surface area contributed by atoms with Gasteiger partial charge in [0.05, 0.1) is 18.9 Å². The van der Waals surface area contributed by atoms with Crippen LogP contribution in [0.2, 0.25) is 0 Å². The van der Waals surface area contributed by atoms with Gasteiger partial charge in [0.1, 0.15) is 18.1 Å². The molecule has 0 aromatic carbocycles. The number of carboxylic acid groups (broad SMARTS) is 1. The van der Waals surface area contributed by atoms with Crippen molar-refractivity contribution in [3.8, 4) is 0 Å². The van der Waals surface area contributed by atoms with Crippen LogP contribution in [-0.4, -0.2) is 76.2 Å². The van der Waals surface area contributed by atoms with E-state index in [0.29, 0.717) is 6.42 Å². The first kappa shape index (κ1) is 26.8. The lowest BCUT2D eigenvalue weighted by atomic mass is 10.0. The molecule has 32 heavy (non-hydrogen) atoms. The zero-order valence-electron chi connectivity index (χ0n) is 18.2. The molecule has 9 N–H and O–H groups in total. The van der Waals surface area contributed by atoms with Crippen molar-refractivity contribution in [2.75, 3.05) is 6.54 Å². The number of nitrogens with zero attached hydrogens (tertiary/aromatic N) is 1. The third-order valence-corrected chi connectivity index (χ3v) is 4.94. The summed E-state index contributed by atoms with van der Waals surface area (Å²) >= 11 is 0. The van der Waals surface area contributed by atoms with Crippen molar-refractivity contribution >= 4 is 35.5 Å². The normalized spacial score (nSPS) is 18.5. The molecule has 0 aromatic rings. The van der Waals surface area contributed by atoms with Crippen LogP contribution in [0, 0.1) is 5.92 Å². The molecule has 1 aliphatic heterocycles. The highest BCUT2D eigenvalue weighted by Crippen LogP contribution is 2.20. The Balaban J connectivity index is 2.96. The maximum Gasteiger partial charge on any atom is 0.326 e. The maximum absolute atomic E-state index is 13.0. The SMILES string of the molecule is CC(C)CC(NC(=O)C1CCCN1C(=O)C(CC(N)=O)NC(=O)C(N)CC(N)=O)C(=O)O. The molecule has 0 spiro atoms. The van der Waals surface area contributed by atoms with Crippen LogP contribution in [-0.2, 0) is 28.8 Å². The molecule has 1 aliphatic rings. The van der Waals surface area contributed by atoms with Gasteiger partial charge in [0.2, 0.25) is 29.5 Å². The van der Waals surface area contributed by atoms with Gasteiger partial charge in [-0.25, -0.2) is 4.79 Å². The highest BCUT2D eigenvalue weighted by atomic mass is 16.4. The lowest BCUT2D eigenvalue weighted by Gasteiger charge is -2.29. The topological polar surface area (TPSA) is 228 Å². The summed E-state index contributed by atoms with van der Waals surface area (Å²) in [5, 5.41) is 14.1. The van der Waals surface area contributed by atoms with E-state index in [-0.39, 0.29) is 25.3 Å². The largest absolute Gasteiger partial charge is 0.480 e. The van der Waals surface area contributed by atoms with Crippen LogP contribution < -0.4 is 27.8 Å². The number of carbonyl (C=O) groups is 6. The van der Waals surface area contributed by atoms with Crippen molar-refractivity contribution in [3.05, 3.63) is 0 Å². The number of hydrogen-bond donors (Lipinski definition) is 6. The molecule has 4 atom stereocenters. The average Bonchev–Trinajstić information content (AvgIpc) is 3.14. The number of nitrogens with one attached hydrogen (secondary N) is 2. The molecule has 1 rings (SSSR count). The number of carbonyl (C=O) groups excluding carboxylic acids is 5. The summed E-state index contributed by atoms with van der Waals surface area (Å²) in [5.41, 5.74) is 15.8. The van der Waals surface area contributed by atoms with Gasteiger partial charge in [-0.2, -0.15) is 0 Å². The molecule has 0 saturated carbocycles. The molecular weight excluding hydrogens is 424 g/mol. The number of nitrogens with two attached hydrogens (primary N) is 3. The van der Waals surface area contributed by atoms with E-state index in [1.165, 1.54) is 4.90 Å². The number of likely N-dealkylation sites (tertiary alicyclic amines) is 1. The van der Waals surface area contributed by atoms with Crippen molar-refractivity contribution in [1.29, 1.82) is 0 Å². The first-order valence-electron chi connectivity index (χ1n) is 10.3. The molecule has 13 nitrogen and oxygen atoms in total. The Kier molecular flexibility index (Phi) is 10.0. The minimum Gasteiger partial charge on any atom is -0.480 e. The second kappa shape index (κ2) is 12.0. The molecule has 0 radical (unpaired) electrons. The van der Waals surface area contributed by atoms with Crippen LogP contribution in [0.25, 0.3) is 0 Å². The van der Waals surface area contributed by atoms with E-state index >= 15 is 0 Å². The van der Waals surface area contributed by atoms with Crippen molar-refractivity contribution in [2.45, 2.75) is 70.1 Å². The van der Waals surface area contributed by atoms with Crippen LogP contribution in [0.1, 0.15) is 46.0 Å². The summed E-state index contributed by atoms with van der Waals surface area (Å²) in [6.07, 6.45) is -0.0671. The number of hydrogen-bond acceptors (Lipinski definition) is 7. The third kappa shape index (κ3) is 8.13. The van der Waals surface area contributed by atoms with E-state index in [2.05, 4.69) is 10.6 Å². The van der Waals surface area contributed by atoms with E-state index in [9.17, 15) is 33.9 Å². The minimum atomic E-state index is -1.40. The van der Waals surface area contributed by atoms with Gasteiger partial charge in [-0.05, 0) is 25.2 Å². The number of aliphatic carboxylic acids is 1. The maximum atomic E-state index is 13.0. The number of rotatable bonds is 12. The van der Waals surface area contributed by atoms with Crippen LogP contribution in [0.3, 0.4) is 0 Å². The zero-order valence-corrected chi connectivity index (χ0v) is 18.2. The Morgan fingerprint density at radius 2 is 1.59 bits per heavy atom. The lowest BCUT2D eigenvalue weighted by molar-refractivity contribution is -0.145. The van der Waals surface area contributed by atoms with Crippen LogP contribution in [0.5, 0.6) is 0 Å². The lowest BCUT2D eigenvalue weighted by Crippen LogP contribution is -2.57. The second-order valence-corrected chi connectivity index (χ2v) is 8.23. The molecule has 5 amide bonds. The standard InChI is InChI=1S/C19H32N6O7/c1-9(2)6-12(19(31)32)24-17(29)13-4-3-5-25(13)18(30)11(8-15(22)27)23-16(28)10(20)7-14(21)26/h9-13H,3-8,20H2,1-2H3,(H2,21,26)(H2,22,27)(H,23,28)(H,24,29)(H,31,32). The van der Waals surface area contributed by atoms with E-state index in [1.54, 1.807) is 0 Å². The van der Waals surface area contributed by atoms with Gasteiger partial charge in [-0.15, -0.1) is 0 Å². The van der Waals surface area contributed by atoms with E-state index < -0.39 is 72.5 Å². The van der Waals surface area contributed by atoms with Crippen molar-refractivity contribution < 1.29 is 33.9 Å². The van der Waals surface area contributed by atoms with Crippen molar-refractivity contribution in [1.82, 2.24) is 15.5 Å². The van der Waals surface area contributed by atoms with Gasteiger partial charge in [0.15, 0.2) is 0 Å². The van der Waals surface area contributed by atoms with Gasteiger partial charge in [0, 0.05) is 6.54 Å². The first-order chi connectivity index (χ1) is 14.8. The molecule has 0 aliphatic carbocycles. The molecule has 4 unspecified atom stereocenters. The van der Waals surface area contributed by atoms with Gasteiger partial charge < -0.3 is 37.8 Å². The second-order valence-electron chi connectivity index (χ2n) is 8.23. The molecule has 1 fully saturated rings. The summed E-state index contributed by atoms with van der Waals surface area (Å²) in [6, 6.07) is -4.82. The molecule has 1 heterocycles. The first-order valence-corrected chi connectivity index (χ1v) is 10.3.